The molecular formula is C22H33NO4S. The van der Waals surface area contributed by atoms with Crippen molar-refractivity contribution in [2.45, 2.75) is 64.1 Å². The Hall–Kier alpha value is -1.37. The average Bonchev–Trinajstić information content (AvgIpc) is 3.20. The van der Waals surface area contributed by atoms with Crippen molar-refractivity contribution in [2.75, 3.05) is 26.3 Å². The molecule has 2 aliphatic rings. The molecule has 1 aromatic rings. The zero-order valence-electron chi connectivity index (χ0n) is 16.8. The van der Waals surface area contributed by atoms with Crippen molar-refractivity contribution in [3.05, 3.63) is 34.2 Å². The third-order valence-corrected chi connectivity index (χ3v) is 6.61. The van der Waals surface area contributed by atoms with E-state index in [9.17, 15) is 9.90 Å². The number of carbonyl (C=O) groups excluding carboxylic acids is 1. The number of amides is 1. The minimum absolute atomic E-state index is 0.00577. The number of likely N-dealkylation sites (tertiary alicyclic amines) is 1. The van der Waals surface area contributed by atoms with Gasteiger partial charge in [0.05, 0.1) is 0 Å². The fourth-order valence-corrected chi connectivity index (χ4v) is 5.05. The zero-order chi connectivity index (χ0) is 19.8. The molecule has 3 rings (SSSR count). The summed E-state index contributed by atoms with van der Waals surface area (Å²) in [6.45, 7) is 4.23. The van der Waals surface area contributed by atoms with Crippen molar-refractivity contribution in [3.8, 4) is 0 Å². The summed E-state index contributed by atoms with van der Waals surface area (Å²) in [4.78, 5) is 16.4. The summed E-state index contributed by atoms with van der Waals surface area (Å²) in [5, 5.41) is 11.4. The van der Waals surface area contributed by atoms with Crippen LogP contribution in [0.2, 0.25) is 0 Å². The second-order valence-electron chi connectivity index (χ2n) is 7.60. The Bertz CT molecular complexity index is 622. The molecule has 1 fully saturated rings. The van der Waals surface area contributed by atoms with Gasteiger partial charge in [-0.25, -0.2) is 0 Å². The van der Waals surface area contributed by atoms with Crippen LogP contribution in [0.1, 0.15) is 62.7 Å². The summed E-state index contributed by atoms with van der Waals surface area (Å²) >= 11 is 1.70. The summed E-state index contributed by atoms with van der Waals surface area (Å²) in [5.74, 6) is 0.589. The van der Waals surface area contributed by atoms with E-state index in [0.717, 1.165) is 32.4 Å². The number of nitrogens with zero attached hydrogens (tertiary/aromatic N) is 1. The van der Waals surface area contributed by atoms with Gasteiger partial charge >= 0.3 is 0 Å². The Morgan fingerprint density at radius 3 is 2.68 bits per heavy atom. The average molecular weight is 408 g/mol. The van der Waals surface area contributed by atoms with Crippen LogP contribution in [0.5, 0.6) is 0 Å². The van der Waals surface area contributed by atoms with Crippen LogP contribution in [0.15, 0.2) is 29.3 Å². The van der Waals surface area contributed by atoms with Crippen molar-refractivity contribution in [1.29, 1.82) is 0 Å². The van der Waals surface area contributed by atoms with Gasteiger partial charge in [0.1, 0.15) is 0 Å². The standard InChI is InChI=1S/C22H33NO4S/c1-2-26-22-17(10-8-14-24)18(20-11-9-15-28-20)16-19(27-22)21(25)23-12-6-4-3-5-7-13-23/h9,11,15-18,22,24H,2-8,10,12-14H2,1H3/t17-,18-,22+/m0/s1. The third-order valence-electron chi connectivity index (χ3n) is 5.64. The van der Waals surface area contributed by atoms with Crippen molar-refractivity contribution in [3.63, 3.8) is 0 Å². The van der Waals surface area contributed by atoms with E-state index in [2.05, 4.69) is 11.4 Å². The number of rotatable bonds is 7. The highest BCUT2D eigenvalue weighted by Gasteiger charge is 2.39. The largest absolute Gasteiger partial charge is 0.459 e. The Morgan fingerprint density at radius 2 is 2.04 bits per heavy atom. The molecule has 3 atom stereocenters. The second kappa shape index (κ2) is 11.0. The maximum absolute atomic E-state index is 13.2. The predicted octanol–water partition coefficient (Wildman–Crippen LogP) is 4.29. The Balaban J connectivity index is 1.85. The monoisotopic (exact) mass is 407 g/mol. The van der Waals surface area contributed by atoms with E-state index in [1.165, 1.54) is 24.1 Å². The van der Waals surface area contributed by atoms with Gasteiger partial charge in [-0.15, -0.1) is 11.3 Å². The van der Waals surface area contributed by atoms with Crippen LogP contribution in [0, 0.1) is 5.92 Å². The van der Waals surface area contributed by atoms with Crippen LogP contribution in [-0.2, 0) is 14.3 Å². The van der Waals surface area contributed by atoms with Gasteiger partial charge < -0.3 is 19.5 Å². The van der Waals surface area contributed by atoms with Crippen LogP contribution in [-0.4, -0.2) is 48.5 Å². The first-order chi connectivity index (χ1) is 13.7. The fraction of sp³-hybridized carbons (Fsp3) is 0.682. The molecule has 0 bridgehead atoms. The molecule has 3 heterocycles. The second-order valence-corrected chi connectivity index (χ2v) is 8.58. The van der Waals surface area contributed by atoms with Gasteiger partial charge in [0.15, 0.2) is 5.76 Å². The molecule has 6 heteroatoms. The number of hydrogen-bond donors (Lipinski definition) is 1. The van der Waals surface area contributed by atoms with Gasteiger partial charge in [0.2, 0.25) is 6.29 Å². The molecule has 1 saturated heterocycles. The molecule has 28 heavy (non-hydrogen) atoms. The first-order valence-corrected chi connectivity index (χ1v) is 11.6. The quantitative estimate of drug-likeness (QED) is 0.732. The number of ether oxygens (including phenoxy) is 2. The molecule has 0 saturated carbocycles. The smallest absolute Gasteiger partial charge is 0.288 e. The predicted molar refractivity (Wildman–Crippen MR) is 111 cm³/mol. The molecule has 1 aromatic heterocycles. The van der Waals surface area contributed by atoms with Crippen molar-refractivity contribution < 1.29 is 19.4 Å². The molecule has 156 valence electrons. The van der Waals surface area contributed by atoms with E-state index in [4.69, 9.17) is 9.47 Å². The van der Waals surface area contributed by atoms with Gasteiger partial charge in [0, 0.05) is 43.0 Å². The van der Waals surface area contributed by atoms with Gasteiger partial charge in [0.25, 0.3) is 5.91 Å². The first-order valence-electron chi connectivity index (χ1n) is 10.7. The van der Waals surface area contributed by atoms with Gasteiger partial charge in [-0.3, -0.25) is 4.79 Å². The van der Waals surface area contributed by atoms with Crippen LogP contribution in [0.4, 0.5) is 0 Å². The SMILES string of the molecule is CCO[C@@H]1OC(C(=O)N2CCCCCCC2)=C[C@H](c2cccs2)[C@@H]1CCCO. The fourth-order valence-electron chi connectivity index (χ4n) is 4.17. The number of thiophene rings is 1. The summed E-state index contributed by atoms with van der Waals surface area (Å²) in [7, 11) is 0. The van der Waals surface area contributed by atoms with Crippen LogP contribution in [0.25, 0.3) is 0 Å². The summed E-state index contributed by atoms with van der Waals surface area (Å²) in [6, 6.07) is 4.16. The van der Waals surface area contributed by atoms with E-state index < -0.39 is 6.29 Å². The minimum Gasteiger partial charge on any atom is -0.459 e. The summed E-state index contributed by atoms with van der Waals surface area (Å²) < 4.78 is 12.0. The Kier molecular flexibility index (Phi) is 8.37. The normalized spacial score (nSPS) is 26.1. The lowest BCUT2D eigenvalue weighted by Crippen LogP contribution is -2.41. The lowest BCUT2D eigenvalue weighted by atomic mass is 9.84. The Morgan fingerprint density at radius 1 is 1.29 bits per heavy atom. The van der Waals surface area contributed by atoms with Gasteiger partial charge in [-0.05, 0) is 50.1 Å². The topological polar surface area (TPSA) is 59.0 Å². The number of hydrogen-bond acceptors (Lipinski definition) is 5. The summed E-state index contributed by atoms with van der Waals surface area (Å²) in [5.41, 5.74) is 0. The molecule has 0 aliphatic carbocycles. The molecule has 0 radical (unpaired) electrons. The highest BCUT2D eigenvalue weighted by Crippen LogP contribution is 2.41. The van der Waals surface area contributed by atoms with E-state index in [0.29, 0.717) is 18.8 Å². The van der Waals surface area contributed by atoms with Crippen LogP contribution < -0.4 is 0 Å². The third kappa shape index (κ3) is 5.37. The molecule has 0 aromatic carbocycles. The summed E-state index contributed by atoms with van der Waals surface area (Å²) in [6.07, 6.45) is 8.79. The molecule has 0 unspecified atom stereocenters. The van der Waals surface area contributed by atoms with Crippen LogP contribution in [0.3, 0.4) is 0 Å². The first kappa shape index (κ1) is 21.3. The van der Waals surface area contributed by atoms with Crippen molar-refractivity contribution in [1.82, 2.24) is 4.90 Å². The maximum Gasteiger partial charge on any atom is 0.288 e. The maximum atomic E-state index is 13.2. The number of aliphatic hydroxyl groups is 1. The van der Waals surface area contributed by atoms with Crippen molar-refractivity contribution >= 4 is 17.2 Å². The molecule has 5 nitrogen and oxygen atoms in total. The van der Waals surface area contributed by atoms with Gasteiger partial charge in [-0.2, -0.15) is 0 Å². The molecule has 2 aliphatic heterocycles. The molecule has 1 amide bonds. The minimum atomic E-state index is -0.456. The van der Waals surface area contributed by atoms with E-state index >= 15 is 0 Å². The lowest BCUT2D eigenvalue weighted by molar-refractivity contribution is -0.170. The van der Waals surface area contributed by atoms with E-state index in [-0.39, 0.29) is 24.3 Å². The van der Waals surface area contributed by atoms with E-state index in [1.807, 2.05) is 24.0 Å². The molecule has 1 N–H and O–H groups in total. The zero-order valence-corrected chi connectivity index (χ0v) is 17.7. The van der Waals surface area contributed by atoms with Gasteiger partial charge in [-0.1, -0.05) is 25.3 Å². The van der Waals surface area contributed by atoms with E-state index in [1.54, 1.807) is 11.3 Å². The number of carbonyl (C=O) groups is 1. The van der Waals surface area contributed by atoms with Crippen molar-refractivity contribution in [2.24, 2.45) is 5.92 Å². The highest BCUT2D eigenvalue weighted by atomic mass is 32.1. The Labute approximate surface area is 172 Å². The lowest BCUT2D eigenvalue weighted by Gasteiger charge is -2.37. The number of aliphatic hydroxyl groups excluding tert-OH is 1. The molecule has 0 spiro atoms. The number of allylic oxidation sites excluding steroid dienone is 1. The molecular weight excluding hydrogens is 374 g/mol. The van der Waals surface area contributed by atoms with Crippen LogP contribution >= 0.6 is 11.3 Å². The highest BCUT2D eigenvalue weighted by molar-refractivity contribution is 7.10.